The maximum atomic E-state index is 13.0. The molecule has 2 N–H and O–H groups in total. The molecule has 0 bridgehead atoms. The molecule has 0 radical (unpaired) electrons. The van der Waals surface area contributed by atoms with Crippen molar-refractivity contribution in [3.8, 4) is 0 Å². The van der Waals surface area contributed by atoms with Gasteiger partial charge in [0.15, 0.2) is 0 Å². The summed E-state index contributed by atoms with van der Waals surface area (Å²) in [5, 5.41) is 14.0. The maximum Gasteiger partial charge on any atom is 0.268 e. The molecule has 0 saturated carbocycles. The lowest BCUT2D eigenvalue weighted by Crippen LogP contribution is -2.46. The number of aliphatic hydroxyl groups is 1. The molecule has 0 fully saturated rings. The molecule has 71 heavy (non-hydrogen) atoms. The highest BCUT2D eigenvalue weighted by Gasteiger charge is 2.24. The number of phosphoric acid groups is 1. The molecule has 3 atom stereocenters. The molecule has 0 aromatic carbocycles. The average Bonchev–Trinajstić information content (AvgIpc) is 3.33. The SMILES string of the molecule is CC/C=C\C/C=C\C/C=C\C/C=C\C/C=C\C/C=C\C/C=C\C/C=C\CCCCC(=O)NC(COP(=O)([O-])OCC[N+](C)(C)C)C(O)CCCCCCCCCCCCCCCCCCCCCCCC. The normalized spacial score (nSPS) is 14.6. The van der Waals surface area contributed by atoms with Crippen molar-refractivity contribution in [3.05, 3.63) is 97.2 Å². The number of likely N-dealkylation sites (N-methyl/N-ethyl adjacent to an activating group) is 1. The third-order valence-corrected chi connectivity index (χ3v) is 13.6. The summed E-state index contributed by atoms with van der Waals surface area (Å²) < 4.78 is 23.4. The van der Waals surface area contributed by atoms with E-state index in [2.05, 4.69) is 116 Å². The van der Waals surface area contributed by atoms with Gasteiger partial charge in [0, 0.05) is 6.42 Å². The summed E-state index contributed by atoms with van der Waals surface area (Å²) >= 11 is 0. The molecule has 8 nitrogen and oxygen atoms in total. The van der Waals surface area contributed by atoms with Gasteiger partial charge in [0.2, 0.25) is 5.91 Å². The monoisotopic (exact) mass is 1010 g/mol. The molecule has 0 spiro atoms. The summed E-state index contributed by atoms with van der Waals surface area (Å²) in [5.74, 6) is -0.209. The zero-order chi connectivity index (χ0) is 52.0. The van der Waals surface area contributed by atoms with Gasteiger partial charge in [0.05, 0.1) is 39.9 Å². The summed E-state index contributed by atoms with van der Waals surface area (Å²) in [6, 6.07) is -0.832. The van der Waals surface area contributed by atoms with E-state index in [1.165, 1.54) is 122 Å². The maximum absolute atomic E-state index is 13.0. The van der Waals surface area contributed by atoms with Gasteiger partial charge < -0.3 is 28.8 Å². The fourth-order valence-corrected chi connectivity index (χ4v) is 8.78. The van der Waals surface area contributed by atoms with Gasteiger partial charge in [-0.05, 0) is 77.0 Å². The van der Waals surface area contributed by atoms with E-state index >= 15 is 0 Å². The summed E-state index contributed by atoms with van der Waals surface area (Å²) in [7, 11) is 1.26. The standard InChI is InChI=1S/C62H111N2O6P/c1-6-8-10-12-14-16-18-20-22-24-26-28-30-31-32-33-34-36-38-40-42-44-46-48-50-52-54-56-62(66)63-60(59-70-71(67,68)69-58-57-64(3,4)5)61(65)55-53-51-49-47-45-43-41-39-37-35-29-27-25-23-21-19-17-15-13-11-9-7-2/h8,10,14,16,20,22,26,28,31-32,34,36,40,42,46,48,60-61,65H,6-7,9,11-13,15,17-19,21,23-25,27,29-30,33,35,37-39,41,43-45,47,49-59H2,1-5H3,(H-,63,66,67,68)/b10-8-,16-14-,22-20-,28-26-,32-31-,36-34-,42-40-,48-46-. The second-order valence-corrected chi connectivity index (χ2v) is 22.0. The van der Waals surface area contributed by atoms with Crippen LogP contribution in [0.2, 0.25) is 0 Å². The Kier molecular flexibility index (Phi) is 50.4. The molecule has 0 rings (SSSR count). The van der Waals surface area contributed by atoms with Crippen LogP contribution in [0.1, 0.15) is 239 Å². The zero-order valence-electron chi connectivity index (χ0n) is 46.6. The van der Waals surface area contributed by atoms with Gasteiger partial charge in [-0.3, -0.25) is 9.36 Å². The quantitative estimate of drug-likeness (QED) is 0.0272. The van der Waals surface area contributed by atoms with Crippen LogP contribution >= 0.6 is 7.82 Å². The van der Waals surface area contributed by atoms with E-state index in [1.807, 2.05) is 21.1 Å². The molecule has 0 aliphatic rings. The van der Waals surface area contributed by atoms with E-state index in [1.54, 1.807) is 0 Å². The van der Waals surface area contributed by atoms with Crippen LogP contribution in [-0.4, -0.2) is 68.5 Å². The second-order valence-electron chi connectivity index (χ2n) is 20.6. The number of nitrogens with one attached hydrogen (secondary N) is 1. The lowest BCUT2D eigenvalue weighted by atomic mass is 10.0. The fraction of sp³-hybridized carbons (Fsp3) is 0.726. The first-order valence-corrected chi connectivity index (χ1v) is 30.5. The third-order valence-electron chi connectivity index (χ3n) is 12.6. The number of amides is 1. The van der Waals surface area contributed by atoms with Gasteiger partial charge in [0.25, 0.3) is 7.82 Å². The molecule has 0 saturated heterocycles. The van der Waals surface area contributed by atoms with Gasteiger partial charge in [0.1, 0.15) is 13.2 Å². The van der Waals surface area contributed by atoms with Crippen LogP contribution in [-0.2, 0) is 18.4 Å². The van der Waals surface area contributed by atoms with Crippen molar-refractivity contribution in [1.82, 2.24) is 5.32 Å². The minimum Gasteiger partial charge on any atom is -0.756 e. The topological polar surface area (TPSA) is 108 Å². The summed E-state index contributed by atoms with van der Waals surface area (Å²) in [5.41, 5.74) is 0. The number of carbonyl (C=O) groups excluding carboxylic acids is 1. The number of hydrogen-bond donors (Lipinski definition) is 2. The van der Waals surface area contributed by atoms with Crippen LogP contribution in [0.4, 0.5) is 0 Å². The Morgan fingerprint density at radius 1 is 0.507 bits per heavy atom. The van der Waals surface area contributed by atoms with Crippen LogP contribution < -0.4 is 10.2 Å². The molecule has 410 valence electrons. The first kappa shape index (κ1) is 68.4. The number of carbonyl (C=O) groups is 1. The van der Waals surface area contributed by atoms with Crippen LogP contribution in [0.5, 0.6) is 0 Å². The van der Waals surface area contributed by atoms with E-state index in [-0.39, 0.29) is 19.1 Å². The lowest BCUT2D eigenvalue weighted by molar-refractivity contribution is -0.870. The molecule has 3 unspecified atom stereocenters. The van der Waals surface area contributed by atoms with Crippen LogP contribution in [0.3, 0.4) is 0 Å². The van der Waals surface area contributed by atoms with Crippen LogP contribution in [0, 0.1) is 0 Å². The van der Waals surface area contributed by atoms with Crippen molar-refractivity contribution in [1.29, 1.82) is 0 Å². The molecule has 0 aromatic heterocycles. The van der Waals surface area contributed by atoms with E-state index in [0.29, 0.717) is 30.3 Å². The average molecular weight is 1010 g/mol. The van der Waals surface area contributed by atoms with Crippen LogP contribution in [0.25, 0.3) is 0 Å². The van der Waals surface area contributed by atoms with Gasteiger partial charge in [-0.2, -0.15) is 0 Å². The molecular formula is C62H111N2O6P. The Hall–Kier alpha value is -2.58. The number of quaternary nitrogens is 1. The van der Waals surface area contributed by atoms with Crippen molar-refractivity contribution >= 4 is 13.7 Å². The van der Waals surface area contributed by atoms with Gasteiger partial charge in [-0.15, -0.1) is 0 Å². The van der Waals surface area contributed by atoms with Gasteiger partial charge in [-0.25, -0.2) is 0 Å². The molecular weight excluding hydrogens is 900 g/mol. The van der Waals surface area contributed by atoms with E-state index in [9.17, 15) is 19.4 Å². The molecule has 0 aliphatic carbocycles. The molecule has 0 aliphatic heterocycles. The zero-order valence-corrected chi connectivity index (χ0v) is 47.5. The third kappa shape index (κ3) is 55.0. The predicted molar refractivity (Wildman–Crippen MR) is 306 cm³/mol. The number of nitrogens with zero attached hydrogens (tertiary/aromatic N) is 1. The molecule has 0 aromatic rings. The Labute approximate surface area is 439 Å². The fourth-order valence-electron chi connectivity index (χ4n) is 8.06. The highest BCUT2D eigenvalue weighted by Crippen LogP contribution is 2.38. The summed E-state index contributed by atoms with van der Waals surface area (Å²) in [6.07, 6.45) is 74.4. The smallest absolute Gasteiger partial charge is 0.268 e. The molecule has 0 heterocycles. The van der Waals surface area contributed by atoms with Crippen molar-refractivity contribution in [2.24, 2.45) is 0 Å². The lowest BCUT2D eigenvalue weighted by Gasteiger charge is -2.30. The van der Waals surface area contributed by atoms with Crippen molar-refractivity contribution in [2.45, 2.75) is 251 Å². The minimum atomic E-state index is -4.59. The summed E-state index contributed by atoms with van der Waals surface area (Å²) in [6.45, 7) is 4.58. The first-order valence-electron chi connectivity index (χ1n) is 29.1. The Balaban J connectivity index is 4.31. The number of phosphoric ester groups is 1. The second kappa shape index (κ2) is 52.3. The highest BCUT2D eigenvalue weighted by atomic mass is 31.2. The molecule has 9 heteroatoms. The van der Waals surface area contributed by atoms with Crippen LogP contribution in [0.15, 0.2) is 97.2 Å². The first-order chi connectivity index (χ1) is 34.5. The largest absolute Gasteiger partial charge is 0.756 e. The molecule has 1 amide bonds. The van der Waals surface area contributed by atoms with Gasteiger partial charge >= 0.3 is 0 Å². The Bertz CT molecular complexity index is 1470. The van der Waals surface area contributed by atoms with Crippen molar-refractivity contribution in [2.75, 3.05) is 40.9 Å². The number of aliphatic hydroxyl groups excluding tert-OH is 1. The number of rotatable bonds is 52. The number of unbranched alkanes of at least 4 members (excludes halogenated alkanes) is 23. The summed E-state index contributed by atoms with van der Waals surface area (Å²) in [4.78, 5) is 25.5. The van der Waals surface area contributed by atoms with E-state index in [4.69, 9.17) is 9.05 Å². The highest BCUT2D eigenvalue weighted by molar-refractivity contribution is 7.45. The van der Waals surface area contributed by atoms with Crippen molar-refractivity contribution in [3.63, 3.8) is 0 Å². The van der Waals surface area contributed by atoms with Crippen molar-refractivity contribution < 1.29 is 32.9 Å². The Morgan fingerprint density at radius 3 is 1.23 bits per heavy atom. The number of hydrogen-bond acceptors (Lipinski definition) is 6. The minimum absolute atomic E-state index is 0.00160. The van der Waals surface area contributed by atoms with E-state index in [0.717, 1.165) is 83.5 Å². The predicted octanol–water partition coefficient (Wildman–Crippen LogP) is 17.2. The Morgan fingerprint density at radius 2 is 0.859 bits per heavy atom. The number of allylic oxidation sites excluding steroid dienone is 16. The van der Waals surface area contributed by atoms with E-state index < -0.39 is 20.0 Å². The van der Waals surface area contributed by atoms with Gasteiger partial charge in [-0.1, -0.05) is 252 Å².